The third-order valence-electron chi connectivity index (χ3n) is 4.13. The Morgan fingerprint density at radius 1 is 1.00 bits per heavy atom. The van der Waals surface area contributed by atoms with E-state index in [1.165, 1.54) is 11.1 Å². The van der Waals surface area contributed by atoms with Crippen molar-refractivity contribution in [3.05, 3.63) is 76.6 Å². The minimum absolute atomic E-state index is 0.708. The molecule has 0 spiro atoms. The lowest BCUT2D eigenvalue weighted by Gasteiger charge is -2.22. The minimum Gasteiger partial charge on any atom is -0.290 e. The van der Waals surface area contributed by atoms with Crippen molar-refractivity contribution < 1.29 is 0 Å². The van der Waals surface area contributed by atoms with E-state index in [-0.39, 0.29) is 0 Å². The van der Waals surface area contributed by atoms with Crippen LogP contribution in [-0.4, -0.2) is 24.6 Å². The Morgan fingerprint density at radius 2 is 1.60 bits per heavy atom. The quantitative estimate of drug-likeness (QED) is 0.649. The van der Waals surface area contributed by atoms with Crippen LogP contribution in [0.5, 0.6) is 0 Å². The average Bonchev–Trinajstić information content (AvgIpc) is 2.91. The maximum absolute atomic E-state index is 6.49. The molecular formula is C19H22ClN5. The summed E-state index contributed by atoms with van der Waals surface area (Å²) in [6.45, 7) is 4.42. The summed E-state index contributed by atoms with van der Waals surface area (Å²) in [4.78, 5) is 10.8. The molecule has 0 saturated carbocycles. The minimum atomic E-state index is 0.708. The van der Waals surface area contributed by atoms with Crippen molar-refractivity contribution in [2.24, 2.45) is 7.05 Å². The lowest BCUT2D eigenvalue weighted by molar-refractivity contribution is 0.246. The Balaban J connectivity index is 1.85. The van der Waals surface area contributed by atoms with Crippen molar-refractivity contribution in [3.8, 4) is 0 Å². The van der Waals surface area contributed by atoms with Crippen LogP contribution in [0.15, 0.2) is 49.1 Å². The maximum Gasteiger partial charge on any atom is 0.131 e. The van der Waals surface area contributed by atoms with Crippen LogP contribution in [0.4, 0.5) is 0 Å². The Morgan fingerprint density at radius 3 is 2.08 bits per heavy atom. The molecule has 3 aromatic heterocycles. The first-order valence-corrected chi connectivity index (χ1v) is 8.75. The number of nitrogens with zero attached hydrogens (tertiary/aromatic N) is 5. The van der Waals surface area contributed by atoms with E-state index in [0.717, 1.165) is 37.3 Å². The summed E-state index contributed by atoms with van der Waals surface area (Å²) in [5.74, 6) is 0. The molecule has 3 heterocycles. The molecule has 0 N–H and O–H groups in total. The van der Waals surface area contributed by atoms with Gasteiger partial charge in [0.15, 0.2) is 0 Å². The largest absolute Gasteiger partial charge is 0.290 e. The van der Waals surface area contributed by atoms with Gasteiger partial charge in [-0.25, -0.2) is 0 Å². The molecule has 5 nitrogen and oxygen atoms in total. The van der Waals surface area contributed by atoms with Crippen molar-refractivity contribution in [3.63, 3.8) is 0 Å². The van der Waals surface area contributed by atoms with Gasteiger partial charge in [-0.2, -0.15) is 5.10 Å². The lowest BCUT2D eigenvalue weighted by Crippen LogP contribution is -2.23. The van der Waals surface area contributed by atoms with Crippen molar-refractivity contribution in [1.29, 1.82) is 0 Å². The van der Waals surface area contributed by atoms with Crippen molar-refractivity contribution in [1.82, 2.24) is 24.6 Å². The fraction of sp³-hybridized carbons (Fsp3) is 0.316. The average molecular weight is 356 g/mol. The predicted molar refractivity (Wildman–Crippen MR) is 99.0 cm³/mol. The van der Waals surface area contributed by atoms with Gasteiger partial charge in [0.1, 0.15) is 5.15 Å². The molecule has 0 fully saturated rings. The van der Waals surface area contributed by atoms with Crippen LogP contribution in [0.25, 0.3) is 0 Å². The van der Waals surface area contributed by atoms with Crippen molar-refractivity contribution in [2.45, 2.75) is 33.0 Å². The highest BCUT2D eigenvalue weighted by Crippen LogP contribution is 2.23. The van der Waals surface area contributed by atoms with Crippen LogP contribution >= 0.6 is 11.6 Å². The van der Waals surface area contributed by atoms with E-state index < -0.39 is 0 Å². The van der Waals surface area contributed by atoms with Gasteiger partial charge >= 0.3 is 0 Å². The van der Waals surface area contributed by atoms with E-state index in [1.54, 1.807) is 17.1 Å². The first-order chi connectivity index (χ1) is 12.2. The molecule has 0 bridgehead atoms. The summed E-state index contributed by atoms with van der Waals surface area (Å²) in [6, 6.07) is 8.11. The van der Waals surface area contributed by atoms with Gasteiger partial charge in [-0.15, -0.1) is 0 Å². The third-order valence-corrected chi connectivity index (χ3v) is 4.60. The molecule has 3 rings (SSSR count). The highest BCUT2D eigenvalue weighted by molar-refractivity contribution is 6.30. The zero-order valence-electron chi connectivity index (χ0n) is 14.6. The topological polar surface area (TPSA) is 46.8 Å². The summed E-state index contributed by atoms with van der Waals surface area (Å²) in [7, 11) is 1.89. The van der Waals surface area contributed by atoms with E-state index in [2.05, 4.69) is 39.0 Å². The molecule has 0 aliphatic rings. The standard InChI is InChI=1S/C19H22ClN5/c1-3-18-17(19(20)24(2)23-18)14-25(12-15-6-4-8-21-10-15)13-16-7-5-9-22-11-16/h4-11H,3,12-14H2,1-2H3. The Bertz CT molecular complexity index is 760. The predicted octanol–water partition coefficient (Wildman–Crippen LogP) is 3.63. The van der Waals surface area contributed by atoms with Crippen molar-refractivity contribution in [2.75, 3.05) is 0 Å². The maximum atomic E-state index is 6.49. The van der Waals surface area contributed by atoms with Gasteiger partial charge in [-0.05, 0) is 29.7 Å². The van der Waals surface area contributed by atoms with Crippen LogP contribution in [0.2, 0.25) is 5.15 Å². The number of hydrogen-bond acceptors (Lipinski definition) is 4. The molecule has 0 unspecified atom stereocenters. The first-order valence-electron chi connectivity index (χ1n) is 8.37. The van der Waals surface area contributed by atoms with E-state index >= 15 is 0 Å². The molecular weight excluding hydrogens is 334 g/mol. The zero-order chi connectivity index (χ0) is 17.6. The second-order valence-corrected chi connectivity index (χ2v) is 6.42. The molecule has 6 heteroatoms. The van der Waals surface area contributed by atoms with E-state index in [4.69, 9.17) is 11.6 Å². The molecule has 25 heavy (non-hydrogen) atoms. The number of rotatable bonds is 7. The Kier molecular flexibility index (Phi) is 5.79. The van der Waals surface area contributed by atoms with Gasteiger partial charge in [-0.1, -0.05) is 30.7 Å². The summed E-state index contributed by atoms with van der Waals surface area (Å²) in [6.07, 6.45) is 8.26. The summed E-state index contributed by atoms with van der Waals surface area (Å²) in [5.41, 5.74) is 4.49. The van der Waals surface area contributed by atoms with Gasteiger partial charge in [0.05, 0.1) is 5.69 Å². The van der Waals surface area contributed by atoms with Gasteiger partial charge in [-0.3, -0.25) is 19.5 Å². The number of halogens is 1. The normalized spacial score (nSPS) is 11.2. The fourth-order valence-electron chi connectivity index (χ4n) is 2.93. The summed E-state index contributed by atoms with van der Waals surface area (Å²) in [5, 5.41) is 5.24. The molecule has 0 amide bonds. The number of hydrogen-bond donors (Lipinski definition) is 0. The second kappa shape index (κ2) is 8.23. The Hall–Kier alpha value is -2.24. The zero-order valence-corrected chi connectivity index (χ0v) is 15.3. The van der Waals surface area contributed by atoms with Gasteiger partial charge in [0.2, 0.25) is 0 Å². The molecule has 0 aliphatic heterocycles. The second-order valence-electron chi connectivity index (χ2n) is 6.06. The number of aromatic nitrogens is 4. The Labute approximate surface area is 153 Å². The smallest absolute Gasteiger partial charge is 0.131 e. The molecule has 0 atom stereocenters. The van der Waals surface area contributed by atoms with Crippen molar-refractivity contribution >= 4 is 11.6 Å². The van der Waals surface area contributed by atoms with Gasteiger partial charge < -0.3 is 0 Å². The highest BCUT2D eigenvalue weighted by atomic mass is 35.5. The van der Waals surface area contributed by atoms with E-state index in [1.807, 2.05) is 31.6 Å². The molecule has 0 saturated heterocycles. The van der Waals surface area contributed by atoms with Crippen LogP contribution in [-0.2, 0) is 33.1 Å². The van der Waals surface area contributed by atoms with Crippen LogP contribution < -0.4 is 0 Å². The van der Waals surface area contributed by atoms with Crippen LogP contribution in [0, 0.1) is 0 Å². The summed E-state index contributed by atoms with van der Waals surface area (Å²) < 4.78 is 1.75. The van der Waals surface area contributed by atoms with Gasteiger partial charge in [0, 0.05) is 57.0 Å². The van der Waals surface area contributed by atoms with Gasteiger partial charge in [0.25, 0.3) is 0 Å². The monoisotopic (exact) mass is 355 g/mol. The first kappa shape index (κ1) is 17.6. The molecule has 130 valence electrons. The summed E-state index contributed by atoms with van der Waals surface area (Å²) >= 11 is 6.49. The third kappa shape index (κ3) is 4.44. The number of aryl methyl sites for hydroxylation is 2. The molecule has 0 radical (unpaired) electrons. The number of pyridine rings is 2. The fourth-order valence-corrected chi connectivity index (χ4v) is 3.14. The van der Waals surface area contributed by atoms with Crippen LogP contribution in [0.3, 0.4) is 0 Å². The molecule has 0 aromatic carbocycles. The van der Waals surface area contributed by atoms with Crippen LogP contribution in [0.1, 0.15) is 29.3 Å². The van der Waals surface area contributed by atoms with E-state index in [0.29, 0.717) is 5.15 Å². The molecule has 3 aromatic rings. The molecule has 0 aliphatic carbocycles. The van der Waals surface area contributed by atoms with E-state index in [9.17, 15) is 0 Å². The lowest BCUT2D eigenvalue weighted by atomic mass is 10.1. The SMILES string of the molecule is CCc1nn(C)c(Cl)c1CN(Cc1cccnc1)Cc1cccnc1. The highest BCUT2D eigenvalue weighted by Gasteiger charge is 2.17.